The minimum atomic E-state index is -1.000. The SMILES string of the molecule is COc1ccc(CCN(C(=O)c2ccco2)C2CC(=O)N(c3ccc(NC(C)=O)cc3)C2=O)cc1OC. The number of benzene rings is 2. The highest BCUT2D eigenvalue weighted by Gasteiger charge is 2.44. The molecule has 10 heteroatoms. The lowest BCUT2D eigenvalue weighted by Gasteiger charge is -2.27. The summed E-state index contributed by atoms with van der Waals surface area (Å²) in [7, 11) is 3.08. The van der Waals surface area contributed by atoms with Gasteiger partial charge in [0, 0.05) is 19.2 Å². The minimum absolute atomic E-state index is 0.0747. The van der Waals surface area contributed by atoms with Gasteiger partial charge in [-0.2, -0.15) is 0 Å². The summed E-state index contributed by atoms with van der Waals surface area (Å²) in [6.07, 6.45) is 1.62. The van der Waals surface area contributed by atoms with Crippen molar-refractivity contribution >= 4 is 35.0 Å². The van der Waals surface area contributed by atoms with E-state index in [1.54, 1.807) is 49.6 Å². The molecule has 1 N–H and O–H groups in total. The summed E-state index contributed by atoms with van der Waals surface area (Å²) < 4.78 is 15.9. The molecule has 4 amide bonds. The van der Waals surface area contributed by atoms with E-state index in [1.165, 1.54) is 31.3 Å². The highest BCUT2D eigenvalue weighted by atomic mass is 16.5. The van der Waals surface area contributed by atoms with E-state index in [9.17, 15) is 19.2 Å². The summed E-state index contributed by atoms with van der Waals surface area (Å²) in [4.78, 5) is 53.5. The molecular weight excluding hydrogens is 478 g/mol. The summed E-state index contributed by atoms with van der Waals surface area (Å²) in [5.41, 5.74) is 1.76. The lowest BCUT2D eigenvalue weighted by atomic mass is 10.1. The molecule has 1 aliphatic rings. The molecule has 4 rings (SSSR count). The first-order valence-electron chi connectivity index (χ1n) is 11.6. The second kappa shape index (κ2) is 11.0. The number of methoxy groups -OCH3 is 2. The summed E-state index contributed by atoms with van der Waals surface area (Å²) in [5, 5.41) is 2.64. The standard InChI is InChI=1S/C27H27N3O7/c1-17(31)28-19-7-9-20(10-8-19)30-25(32)16-21(26(30)33)29(27(34)23-5-4-14-37-23)13-12-18-6-11-22(35-2)24(15-18)36-3/h4-11,14-15,21H,12-13,16H2,1-3H3,(H,28,31). The molecule has 3 aromatic rings. The van der Waals surface area contributed by atoms with Crippen LogP contribution < -0.4 is 19.7 Å². The zero-order valence-corrected chi connectivity index (χ0v) is 20.7. The van der Waals surface area contributed by atoms with Gasteiger partial charge in [0.2, 0.25) is 11.8 Å². The van der Waals surface area contributed by atoms with Gasteiger partial charge in [0.1, 0.15) is 6.04 Å². The molecule has 0 aliphatic carbocycles. The number of rotatable bonds is 9. The first-order chi connectivity index (χ1) is 17.8. The van der Waals surface area contributed by atoms with Crippen molar-refractivity contribution in [2.24, 2.45) is 0 Å². The molecular formula is C27H27N3O7. The van der Waals surface area contributed by atoms with Gasteiger partial charge in [-0.25, -0.2) is 4.90 Å². The van der Waals surface area contributed by atoms with Crippen LogP contribution in [0.15, 0.2) is 65.3 Å². The monoisotopic (exact) mass is 505 g/mol. The fourth-order valence-electron chi connectivity index (χ4n) is 4.25. The number of hydrogen-bond donors (Lipinski definition) is 1. The molecule has 1 fully saturated rings. The Morgan fingerprint density at radius 1 is 1.05 bits per heavy atom. The van der Waals surface area contributed by atoms with Gasteiger partial charge in [-0.15, -0.1) is 0 Å². The predicted octanol–water partition coefficient (Wildman–Crippen LogP) is 3.27. The largest absolute Gasteiger partial charge is 0.493 e. The minimum Gasteiger partial charge on any atom is -0.493 e. The molecule has 1 saturated heterocycles. The molecule has 192 valence electrons. The molecule has 0 bridgehead atoms. The third-order valence-electron chi connectivity index (χ3n) is 6.03. The Balaban J connectivity index is 1.58. The normalized spacial score (nSPS) is 15.0. The van der Waals surface area contributed by atoms with E-state index in [0.717, 1.165) is 10.5 Å². The van der Waals surface area contributed by atoms with Crippen LogP contribution in [0.4, 0.5) is 11.4 Å². The van der Waals surface area contributed by atoms with Crippen molar-refractivity contribution in [3.8, 4) is 11.5 Å². The van der Waals surface area contributed by atoms with Gasteiger partial charge in [-0.05, 0) is 60.5 Å². The molecule has 1 unspecified atom stereocenters. The maximum absolute atomic E-state index is 13.5. The van der Waals surface area contributed by atoms with Crippen LogP contribution in [-0.2, 0) is 20.8 Å². The average molecular weight is 506 g/mol. The predicted molar refractivity (Wildman–Crippen MR) is 135 cm³/mol. The number of nitrogens with zero attached hydrogens (tertiary/aromatic N) is 2. The van der Waals surface area contributed by atoms with E-state index in [1.807, 2.05) is 6.07 Å². The van der Waals surface area contributed by atoms with Crippen molar-refractivity contribution in [2.45, 2.75) is 25.8 Å². The summed E-state index contributed by atoms with van der Waals surface area (Å²) in [6, 6.07) is 13.9. The zero-order valence-electron chi connectivity index (χ0n) is 20.7. The Bertz CT molecular complexity index is 1300. The number of carbonyl (C=O) groups excluding carboxylic acids is 4. The van der Waals surface area contributed by atoms with Crippen molar-refractivity contribution in [3.05, 3.63) is 72.2 Å². The van der Waals surface area contributed by atoms with Crippen LogP contribution in [0.5, 0.6) is 11.5 Å². The third-order valence-corrected chi connectivity index (χ3v) is 6.03. The fraction of sp³-hybridized carbons (Fsp3) is 0.259. The van der Waals surface area contributed by atoms with Crippen molar-refractivity contribution in [1.82, 2.24) is 4.90 Å². The number of amides is 4. The van der Waals surface area contributed by atoms with Gasteiger partial charge in [-0.3, -0.25) is 19.2 Å². The van der Waals surface area contributed by atoms with Gasteiger partial charge in [0.25, 0.3) is 11.8 Å². The van der Waals surface area contributed by atoms with E-state index in [0.29, 0.717) is 29.3 Å². The topological polar surface area (TPSA) is 118 Å². The Labute approximate surface area is 213 Å². The van der Waals surface area contributed by atoms with Gasteiger partial charge < -0.3 is 24.1 Å². The maximum atomic E-state index is 13.5. The Kier molecular flexibility index (Phi) is 7.57. The molecule has 0 saturated carbocycles. The van der Waals surface area contributed by atoms with Crippen molar-refractivity contribution in [2.75, 3.05) is 31.0 Å². The number of carbonyl (C=O) groups is 4. The van der Waals surface area contributed by atoms with Gasteiger partial charge >= 0.3 is 0 Å². The smallest absolute Gasteiger partial charge is 0.290 e. The zero-order chi connectivity index (χ0) is 26.5. The van der Waals surface area contributed by atoms with E-state index >= 15 is 0 Å². The van der Waals surface area contributed by atoms with Crippen LogP contribution in [0.1, 0.15) is 29.5 Å². The number of hydrogen-bond acceptors (Lipinski definition) is 7. The van der Waals surface area contributed by atoms with Crippen LogP contribution in [0.2, 0.25) is 0 Å². The second-order valence-corrected chi connectivity index (χ2v) is 8.43. The van der Waals surface area contributed by atoms with E-state index < -0.39 is 23.8 Å². The van der Waals surface area contributed by atoms with Crippen molar-refractivity contribution in [1.29, 1.82) is 0 Å². The summed E-state index contributed by atoms with van der Waals surface area (Å²) >= 11 is 0. The first-order valence-corrected chi connectivity index (χ1v) is 11.6. The van der Waals surface area contributed by atoms with Gasteiger partial charge in [-0.1, -0.05) is 6.07 Å². The van der Waals surface area contributed by atoms with Crippen LogP contribution in [0, 0.1) is 0 Å². The Morgan fingerprint density at radius 3 is 2.41 bits per heavy atom. The molecule has 0 radical (unpaired) electrons. The average Bonchev–Trinajstić information content (AvgIpc) is 3.52. The number of anilines is 2. The fourth-order valence-corrected chi connectivity index (χ4v) is 4.25. The molecule has 0 spiro atoms. The molecule has 1 atom stereocenters. The second-order valence-electron chi connectivity index (χ2n) is 8.43. The van der Waals surface area contributed by atoms with Crippen LogP contribution in [0.3, 0.4) is 0 Å². The van der Waals surface area contributed by atoms with E-state index in [4.69, 9.17) is 13.9 Å². The van der Waals surface area contributed by atoms with Crippen LogP contribution >= 0.6 is 0 Å². The van der Waals surface area contributed by atoms with E-state index in [2.05, 4.69) is 5.32 Å². The number of ether oxygens (including phenoxy) is 2. The number of imide groups is 1. The lowest BCUT2D eigenvalue weighted by Crippen LogP contribution is -2.46. The van der Waals surface area contributed by atoms with Crippen molar-refractivity contribution < 1.29 is 33.1 Å². The van der Waals surface area contributed by atoms with Crippen LogP contribution in [-0.4, -0.2) is 55.3 Å². The lowest BCUT2D eigenvalue weighted by molar-refractivity contribution is -0.122. The molecule has 2 aromatic carbocycles. The summed E-state index contributed by atoms with van der Waals surface area (Å²) in [6.45, 7) is 1.55. The molecule has 10 nitrogen and oxygen atoms in total. The Morgan fingerprint density at radius 2 is 1.78 bits per heavy atom. The molecule has 37 heavy (non-hydrogen) atoms. The van der Waals surface area contributed by atoms with Gasteiger partial charge in [0.05, 0.1) is 32.6 Å². The third kappa shape index (κ3) is 5.48. The highest BCUT2D eigenvalue weighted by Crippen LogP contribution is 2.30. The van der Waals surface area contributed by atoms with E-state index in [-0.39, 0.29) is 24.6 Å². The van der Waals surface area contributed by atoms with Gasteiger partial charge in [0.15, 0.2) is 17.3 Å². The quantitative estimate of drug-likeness (QED) is 0.444. The number of furan rings is 1. The number of nitrogens with one attached hydrogen (secondary N) is 1. The Hall–Kier alpha value is -4.60. The van der Waals surface area contributed by atoms with Crippen LogP contribution in [0.25, 0.3) is 0 Å². The molecule has 1 aliphatic heterocycles. The summed E-state index contributed by atoms with van der Waals surface area (Å²) in [5.74, 6) is -0.459. The van der Waals surface area contributed by atoms with Crippen molar-refractivity contribution in [3.63, 3.8) is 0 Å². The molecule has 1 aromatic heterocycles. The first kappa shape index (κ1) is 25.5. The highest BCUT2D eigenvalue weighted by molar-refractivity contribution is 6.23. The molecule has 2 heterocycles. The maximum Gasteiger partial charge on any atom is 0.290 e.